The number of carbonyl (C=O) groups excluding carboxylic acids is 1. The Balaban J connectivity index is 2.08. The monoisotopic (exact) mass is 236 g/mol. The van der Waals surface area contributed by atoms with Crippen LogP contribution in [0.1, 0.15) is 27.3 Å². The molecule has 0 saturated carbocycles. The summed E-state index contributed by atoms with van der Waals surface area (Å²) in [5, 5.41) is 9.15. The number of nitrogens with one attached hydrogen (secondary N) is 2. The van der Waals surface area contributed by atoms with Gasteiger partial charge in [-0.05, 0) is 25.5 Å². The average Bonchev–Trinajstić information content (AvgIpc) is 2.87. The van der Waals surface area contributed by atoms with E-state index in [1.807, 2.05) is 12.1 Å². The summed E-state index contributed by atoms with van der Waals surface area (Å²) in [6, 6.07) is 3.78. The third kappa shape index (κ3) is 2.27. The normalized spacial score (nSPS) is 10.4. The maximum Gasteiger partial charge on any atom is 0.268 e. The van der Waals surface area contributed by atoms with Gasteiger partial charge in [-0.1, -0.05) is 6.92 Å². The number of anilines is 1. The van der Waals surface area contributed by atoms with E-state index in [1.165, 1.54) is 16.2 Å². The summed E-state index contributed by atoms with van der Waals surface area (Å²) < 4.78 is 0. The van der Waals surface area contributed by atoms with E-state index in [0.29, 0.717) is 16.6 Å². The van der Waals surface area contributed by atoms with Crippen LogP contribution in [0.3, 0.4) is 0 Å². The number of aromatic nitrogens is 3. The minimum absolute atomic E-state index is 0.163. The highest BCUT2D eigenvalue weighted by molar-refractivity contribution is 7.14. The van der Waals surface area contributed by atoms with Gasteiger partial charge in [0, 0.05) is 4.88 Å². The minimum Gasteiger partial charge on any atom is -0.288 e. The van der Waals surface area contributed by atoms with Crippen molar-refractivity contribution >= 4 is 23.2 Å². The van der Waals surface area contributed by atoms with Crippen molar-refractivity contribution in [1.29, 1.82) is 0 Å². The highest BCUT2D eigenvalue weighted by Crippen LogP contribution is 2.17. The van der Waals surface area contributed by atoms with Crippen LogP contribution in [0.15, 0.2) is 12.1 Å². The van der Waals surface area contributed by atoms with Gasteiger partial charge < -0.3 is 0 Å². The smallest absolute Gasteiger partial charge is 0.268 e. The Labute approximate surface area is 96.9 Å². The van der Waals surface area contributed by atoms with E-state index in [2.05, 4.69) is 27.4 Å². The van der Waals surface area contributed by atoms with Crippen molar-refractivity contribution in [1.82, 2.24) is 15.2 Å². The third-order valence-electron chi connectivity index (χ3n) is 2.06. The maximum atomic E-state index is 11.8. The van der Waals surface area contributed by atoms with Crippen LogP contribution in [0, 0.1) is 6.92 Å². The standard InChI is InChI=1S/C10H12N4OS/c1-3-7-4-5-8(16-7)9(15)12-10-11-6(2)13-14-10/h4-5H,3H2,1-2H3,(H2,11,12,13,14,15). The SMILES string of the molecule is CCc1ccc(C(=O)Nc2n[nH]c(C)n2)s1. The van der Waals surface area contributed by atoms with E-state index in [4.69, 9.17) is 0 Å². The lowest BCUT2D eigenvalue weighted by Crippen LogP contribution is -2.11. The van der Waals surface area contributed by atoms with Crippen molar-refractivity contribution in [2.24, 2.45) is 0 Å². The Hall–Kier alpha value is -1.69. The van der Waals surface area contributed by atoms with Gasteiger partial charge in [0.15, 0.2) is 0 Å². The Morgan fingerprint density at radius 3 is 2.94 bits per heavy atom. The van der Waals surface area contributed by atoms with E-state index in [-0.39, 0.29) is 5.91 Å². The molecule has 5 nitrogen and oxygen atoms in total. The van der Waals surface area contributed by atoms with E-state index in [1.54, 1.807) is 6.92 Å². The Morgan fingerprint density at radius 1 is 1.56 bits per heavy atom. The summed E-state index contributed by atoms with van der Waals surface area (Å²) >= 11 is 1.49. The van der Waals surface area contributed by atoms with E-state index >= 15 is 0 Å². The maximum absolute atomic E-state index is 11.8. The minimum atomic E-state index is -0.163. The van der Waals surface area contributed by atoms with Crippen LogP contribution in [0.25, 0.3) is 0 Å². The van der Waals surface area contributed by atoms with E-state index in [0.717, 1.165) is 6.42 Å². The van der Waals surface area contributed by atoms with Crippen LogP contribution in [0.2, 0.25) is 0 Å². The molecule has 0 aliphatic rings. The predicted octanol–water partition coefficient (Wildman–Crippen LogP) is 1.99. The average molecular weight is 236 g/mol. The second-order valence-corrected chi connectivity index (χ2v) is 4.49. The first-order valence-corrected chi connectivity index (χ1v) is 5.79. The Bertz CT molecular complexity index is 502. The van der Waals surface area contributed by atoms with Crippen LogP contribution in [0.4, 0.5) is 5.95 Å². The predicted molar refractivity (Wildman–Crippen MR) is 62.8 cm³/mol. The number of aryl methyl sites for hydroxylation is 2. The molecule has 0 aliphatic heterocycles. The molecule has 2 heterocycles. The number of amides is 1. The highest BCUT2D eigenvalue weighted by Gasteiger charge is 2.10. The second kappa shape index (κ2) is 4.44. The molecule has 0 aromatic carbocycles. The molecule has 0 saturated heterocycles. The number of thiophene rings is 1. The zero-order valence-corrected chi connectivity index (χ0v) is 9.89. The van der Waals surface area contributed by atoms with Crippen LogP contribution in [-0.4, -0.2) is 21.1 Å². The Morgan fingerprint density at radius 2 is 2.38 bits per heavy atom. The van der Waals surface area contributed by atoms with Gasteiger partial charge in [-0.2, -0.15) is 4.98 Å². The van der Waals surface area contributed by atoms with Gasteiger partial charge in [-0.15, -0.1) is 16.4 Å². The summed E-state index contributed by atoms with van der Waals surface area (Å²) in [6.07, 6.45) is 0.942. The van der Waals surface area contributed by atoms with Crippen LogP contribution >= 0.6 is 11.3 Å². The van der Waals surface area contributed by atoms with E-state index in [9.17, 15) is 4.79 Å². The molecule has 0 atom stereocenters. The molecular weight excluding hydrogens is 224 g/mol. The quantitative estimate of drug-likeness (QED) is 0.856. The number of nitrogens with zero attached hydrogens (tertiary/aromatic N) is 2. The molecule has 2 aromatic rings. The lowest BCUT2D eigenvalue weighted by Gasteiger charge is -1.96. The number of rotatable bonds is 3. The highest BCUT2D eigenvalue weighted by atomic mass is 32.1. The van der Waals surface area contributed by atoms with Crippen LogP contribution in [-0.2, 0) is 6.42 Å². The van der Waals surface area contributed by atoms with Gasteiger partial charge in [-0.25, -0.2) is 0 Å². The van der Waals surface area contributed by atoms with Crippen molar-refractivity contribution in [3.8, 4) is 0 Å². The first kappa shape index (κ1) is 10.8. The van der Waals surface area contributed by atoms with Gasteiger partial charge in [0.05, 0.1) is 4.88 Å². The van der Waals surface area contributed by atoms with Gasteiger partial charge in [-0.3, -0.25) is 15.2 Å². The van der Waals surface area contributed by atoms with Crippen molar-refractivity contribution in [2.75, 3.05) is 5.32 Å². The van der Waals surface area contributed by atoms with Gasteiger partial charge in [0.25, 0.3) is 5.91 Å². The molecule has 0 unspecified atom stereocenters. The number of H-pyrrole nitrogens is 1. The molecule has 6 heteroatoms. The summed E-state index contributed by atoms with van der Waals surface area (Å²) in [7, 11) is 0. The van der Waals surface area contributed by atoms with E-state index < -0.39 is 0 Å². The van der Waals surface area contributed by atoms with Crippen molar-refractivity contribution in [3.05, 3.63) is 27.7 Å². The molecular formula is C10H12N4OS. The van der Waals surface area contributed by atoms with Gasteiger partial charge in [0.1, 0.15) is 5.82 Å². The summed E-state index contributed by atoms with van der Waals surface area (Å²) in [6.45, 7) is 3.84. The molecule has 84 valence electrons. The van der Waals surface area contributed by atoms with Crippen molar-refractivity contribution in [2.45, 2.75) is 20.3 Å². The number of hydrogen-bond donors (Lipinski definition) is 2. The third-order valence-corrected chi connectivity index (χ3v) is 3.28. The molecule has 2 rings (SSSR count). The largest absolute Gasteiger partial charge is 0.288 e. The molecule has 0 aliphatic carbocycles. The van der Waals surface area contributed by atoms with Crippen molar-refractivity contribution < 1.29 is 4.79 Å². The van der Waals surface area contributed by atoms with Gasteiger partial charge >= 0.3 is 0 Å². The second-order valence-electron chi connectivity index (χ2n) is 3.32. The topological polar surface area (TPSA) is 70.7 Å². The molecule has 16 heavy (non-hydrogen) atoms. The number of aromatic amines is 1. The lowest BCUT2D eigenvalue weighted by molar-refractivity contribution is 0.102. The summed E-state index contributed by atoms with van der Waals surface area (Å²) in [5.74, 6) is 0.827. The zero-order chi connectivity index (χ0) is 11.5. The zero-order valence-electron chi connectivity index (χ0n) is 9.07. The molecule has 0 bridgehead atoms. The first-order valence-electron chi connectivity index (χ1n) is 4.98. The fourth-order valence-electron chi connectivity index (χ4n) is 1.25. The molecule has 0 radical (unpaired) electrons. The van der Waals surface area contributed by atoms with Crippen molar-refractivity contribution in [3.63, 3.8) is 0 Å². The number of hydrogen-bond acceptors (Lipinski definition) is 4. The first-order chi connectivity index (χ1) is 7.69. The Kier molecular flexibility index (Phi) is 3.00. The fourth-order valence-corrected chi connectivity index (χ4v) is 2.09. The summed E-state index contributed by atoms with van der Waals surface area (Å²) in [5.41, 5.74) is 0. The summed E-state index contributed by atoms with van der Waals surface area (Å²) in [4.78, 5) is 17.6. The lowest BCUT2D eigenvalue weighted by atomic mass is 10.3. The molecule has 0 fully saturated rings. The van der Waals surface area contributed by atoms with Crippen LogP contribution < -0.4 is 5.32 Å². The molecule has 0 spiro atoms. The molecule has 1 amide bonds. The molecule has 2 N–H and O–H groups in total. The van der Waals surface area contributed by atoms with Crippen LogP contribution in [0.5, 0.6) is 0 Å². The fraction of sp³-hybridized carbons (Fsp3) is 0.300. The van der Waals surface area contributed by atoms with Gasteiger partial charge in [0.2, 0.25) is 5.95 Å². The number of carbonyl (C=O) groups is 1. The molecule has 2 aromatic heterocycles.